The van der Waals surface area contributed by atoms with Gasteiger partial charge < -0.3 is 18.6 Å². The Morgan fingerprint density at radius 3 is 1.01 bits per heavy atom. The predicted molar refractivity (Wildman–Crippen MR) is 509 cm³/mol. The first-order chi connectivity index (χ1) is 58.4. The highest BCUT2D eigenvalue weighted by atomic mass is 28.3. The maximum atomic E-state index is 18.6. The van der Waals surface area contributed by atoms with Crippen LogP contribution >= 0.6 is 0 Å². The van der Waals surface area contributed by atoms with Crippen molar-refractivity contribution in [2.45, 2.75) is 93.0 Å². The largest absolute Gasteiger partial charge is 0.454 e. The average Bonchev–Trinajstić information content (AvgIpc) is 0.738. The van der Waals surface area contributed by atoms with Gasteiger partial charge >= 0.3 is 0 Å². The van der Waals surface area contributed by atoms with Crippen LogP contribution in [0.2, 0.25) is 5.54 Å². The maximum absolute atomic E-state index is 18.6. The molecule has 4 nitrogen and oxygen atoms in total. The molecular weight excluding hydrogens is 1500 g/mol. The molecule has 0 N–H and O–H groups in total. The number of allylic oxidation sites excluding steroid dienone is 4. The zero-order valence-corrected chi connectivity index (χ0v) is 71.3. The quantitative estimate of drug-likeness (QED) is 0.0487. The molecule has 1 aliphatic rings. The molecule has 0 bridgehead atoms. The first kappa shape index (κ1) is 75.5. The molecule has 0 spiro atoms. The van der Waals surface area contributed by atoms with Crippen molar-refractivity contribution in [2.24, 2.45) is 0 Å². The van der Waals surface area contributed by atoms with Crippen molar-refractivity contribution in [3.8, 4) is 22.3 Å². The van der Waals surface area contributed by atoms with Crippen molar-refractivity contribution in [3.63, 3.8) is 0 Å². The third-order valence-corrected chi connectivity index (χ3v) is 36.0. The molecule has 0 saturated carbocycles. The molecule has 0 aliphatic heterocycles. The summed E-state index contributed by atoms with van der Waals surface area (Å²) in [5.41, 5.74) is 19.9. The minimum Gasteiger partial charge on any atom is -0.454 e. The van der Waals surface area contributed by atoms with Crippen molar-refractivity contribution < 1.29 is 17.6 Å². The van der Waals surface area contributed by atoms with Gasteiger partial charge in [0.05, 0.1) is 34.1 Å². The fraction of sp³-hybridized carbons (Fsp3) is 0.125. The molecule has 1 unspecified atom stereocenters. The number of nitrogens with zero attached hydrogens (tertiary/aromatic N) is 2. The summed E-state index contributed by atoms with van der Waals surface area (Å²) in [7, 11) is -5.77. The van der Waals surface area contributed by atoms with E-state index in [0.717, 1.165) is 116 Å². The lowest BCUT2D eigenvalue weighted by Gasteiger charge is -2.40. The van der Waals surface area contributed by atoms with Crippen LogP contribution < -0.4 is 46.1 Å². The van der Waals surface area contributed by atoms with Gasteiger partial charge in [-0.1, -0.05) is 346 Å². The maximum Gasteiger partial charge on any atom is 0.179 e. The van der Waals surface area contributed by atoms with Gasteiger partial charge in [-0.05, 0) is 217 Å². The summed E-state index contributed by atoms with van der Waals surface area (Å²) in [6, 6.07) is 118. The van der Waals surface area contributed by atoms with E-state index < -0.39 is 22.0 Å². The summed E-state index contributed by atoms with van der Waals surface area (Å²) in [5, 5.41) is 19.0. The van der Waals surface area contributed by atoms with E-state index >= 15 is 8.78 Å². The zero-order valence-electron chi connectivity index (χ0n) is 69.3. The number of fused-ring (bicyclic) bond motifs is 6. The summed E-state index contributed by atoms with van der Waals surface area (Å²) < 4.78 is 51.3. The fourth-order valence-corrected chi connectivity index (χ4v) is 29.6. The van der Waals surface area contributed by atoms with Gasteiger partial charge in [0, 0.05) is 32.3 Å². The second-order valence-electron chi connectivity index (χ2n) is 34.1. The Morgan fingerprint density at radius 1 is 0.308 bits per heavy atom. The molecule has 0 radical (unpaired) electrons. The Hall–Kier alpha value is -13.2. The molecule has 584 valence electrons. The van der Waals surface area contributed by atoms with Crippen LogP contribution in [0.4, 0.5) is 42.9 Å². The van der Waals surface area contributed by atoms with E-state index in [2.05, 4.69) is 352 Å². The van der Waals surface area contributed by atoms with Gasteiger partial charge in [0.15, 0.2) is 27.3 Å². The SMILES string of the molecule is CC1=CCC([Si](c2ccc(C)cc2)(c2ccc(C)cc2)c2ccc(-c3ccc(F)c(N(c4cc(C(C)C)c5ccc6c(N(c7cc(-c8ccc([Si](c9ccc(C)cc9)(c9ccc(C)cc9)c9ccc(C)cc9)cc8)ccc7F)c7cccc8c7oc7ccccc78)cc(C(C)C)c7ccc4c5c76)c4cccc5c4oc4ccccc45)c3)cc2)C=C1. The molecule has 2 heterocycles. The van der Waals surface area contributed by atoms with E-state index in [-0.39, 0.29) is 23.2 Å². The van der Waals surface area contributed by atoms with Crippen molar-refractivity contribution >= 4 is 163 Å². The molecule has 0 amide bonds. The Kier molecular flexibility index (Phi) is 18.9. The van der Waals surface area contributed by atoms with Crippen LogP contribution in [-0.4, -0.2) is 16.1 Å². The number of anilines is 6. The lowest BCUT2D eigenvalue weighted by Crippen LogP contribution is -2.74. The molecule has 0 fully saturated rings. The van der Waals surface area contributed by atoms with Crippen LogP contribution in [0.5, 0.6) is 0 Å². The van der Waals surface area contributed by atoms with E-state index in [4.69, 9.17) is 8.83 Å². The van der Waals surface area contributed by atoms with E-state index in [1.165, 1.54) is 69.7 Å². The van der Waals surface area contributed by atoms with E-state index in [1.54, 1.807) is 12.1 Å². The van der Waals surface area contributed by atoms with Crippen LogP contribution in [0, 0.1) is 46.3 Å². The van der Waals surface area contributed by atoms with Gasteiger partial charge in [0.25, 0.3) is 0 Å². The first-order valence-corrected chi connectivity index (χ1v) is 46.2. The summed E-state index contributed by atoms with van der Waals surface area (Å²) in [4.78, 5) is 4.26. The summed E-state index contributed by atoms with van der Waals surface area (Å²) in [6.07, 6.45) is 8.13. The van der Waals surface area contributed by atoms with Crippen molar-refractivity contribution in [3.05, 3.63) is 402 Å². The van der Waals surface area contributed by atoms with Crippen molar-refractivity contribution in [2.75, 3.05) is 9.80 Å². The molecule has 1 aliphatic carbocycles. The monoisotopic (exact) mass is 1590 g/mol. The lowest BCUT2D eigenvalue weighted by atomic mass is 9.84. The molecule has 8 heteroatoms. The molecule has 1 atom stereocenters. The Labute approximate surface area is 702 Å². The number of rotatable bonds is 18. The number of benzene rings is 17. The number of hydrogen-bond donors (Lipinski definition) is 0. The molecule has 19 aromatic rings. The third kappa shape index (κ3) is 12.5. The van der Waals surface area contributed by atoms with Gasteiger partial charge in [0.1, 0.15) is 22.8 Å². The number of halogens is 2. The van der Waals surface area contributed by atoms with Gasteiger partial charge in [-0.3, -0.25) is 0 Å². The van der Waals surface area contributed by atoms with E-state index in [9.17, 15) is 0 Å². The smallest absolute Gasteiger partial charge is 0.179 e. The van der Waals surface area contributed by atoms with Gasteiger partial charge in [-0.15, -0.1) is 0 Å². The third-order valence-electron chi connectivity index (χ3n) is 25.9. The van der Waals surface area contributed by atoms with Gasteiger partial charge in [-0.25, -0.2) is 8.78 Å². The van der Waals surface area contributed by atoms with Gasteiger partial charge in [0.2, 0.25) is 0 Å². The minimum absolute atomic E-state index is 0.00444. The fourth-order valence-electron chi connectivity index (χ4n) is 19.7. The second-order valence-corrected chi connectivity index (χ2v) is 41.9. The van der Waals surface area contributed by atoms with Crippen molar-refractivity contribution in [1.29, 1.82) is 0 Å². The number of furan rings is 2. The Balaban J connectivity index is 0.798. The van der Waals surface area contributed by atoms with Crippen LogP contribution in [0.3, 0.4) is 0 Å². The minimum atomic E-state index is -2.95. The lowest BCUT2D eigenvalue weighted by molar-refractivity contribution is 0.628. The van der Waals surface area contributed by atoms with Crippen molar-refractivity contribution in [1.82, 2.24) is 0 Å². The topological polar surface area (TPSA) is 32.8 Å². The molecule has 2 aromatic heterocycles. The van der Waals surface area contributed by atoms with E-state index in [1.807, 2.05) is 60.7 Å². The van der Waals surface area contributed by atoms with Crippen LogP contribution in [0.1, 0.15) is 91.8 Å². The summed E-state index contributed by atoms with van der Waals surface area (Å²) in [6.45, 7) is 22.0. The predicted octanol–water partition coefficient (Wildman–Crippen LogP) is 26.8. The Morgan fingerprint density at radius 2 is 0.642 bits per heavy atom. The van der Waals surface area contributed by atoms with Crippen LogP contribution in [0.15, 0.2) is 360 Å². The molecule has 0 saturated heterocycles. The second kappa shape index (κ2) is 30.0. The molecule has 17 aromatic carbocycles. The number of aryl methyl sites for hydroxylation is 5. The standard InChI is InChI=1S/C112H92F2N2O2Si2/c1-69(2)97-67-103(115(101-21-15-19-93-89-17-11-13-23-107(89)117-111(93)101)105-65-79(41-63-99(105)113)77-37-55-87(56-38-77)119(81-43-25-71(5)26-44-81,82-45-27-72(6)28-46-82)83-47-29-73(7)30-48-83)95-62-60-92-98(70(3)4)68-104(96-61-59-91(97)109(95)110(92)96)116(102-22-16-20-94-90-18-12-14-24-108(90)118-112(94)102)106-66-80(42-64-100(106)114)78-39-57-88(58-40-78)120(84-49-31-74(8)32-50-84,85-51-33-75(9)34-52-85)86-53-35-76(10)36-54-86/h11-53,55-70,86H,54H2,1-10H3. The molecule has 120 heavy (non-hydrogen) atoms. The Bertz CT molecular complexity index is 7100. The van der Waals surface area contributed by atoms with Crippen LogP contribution in [-0.2, 0) is 0 Å². The zero-order chi connectivity index (χ0) is 82.0. The summed E-state index contributed by atoms with van der Waals surface area (Å²) >= 11 is 0. The number of hydrogen-bond acceptors (Lipinski definition) is 4. The first-order valence-electron chi connectivity index (χ1n) is 42.1. The normalized spacial score (nSPS) is 13.4. The number of para-hydroxylation sites is 4. The highest BCUT2D eigenvalue weighted by molar-refractivity contribution is 7.20. The van der Waals surface area contributed by atoms with E-state index in [0.29, 0.717) is 33.9 Å². The highest BCUT2D eigenvalue weighted by Gasteiger charge is 2.46. The average molecular weight is 1590 g/mol. The highest BCUT2D eigenvalue weighted by Crippen LogP contribution is 2.55. The summed E-state index contributed by atoms with van der Waals surface area (Å²) in [5.74, 6) is -0.794. The molecule has 20 rings (SSSR count). The molecular formula is C112H92F2N2O2Si2. The van der Waals surface area contributed by atoms with Crippen LogP contribution in [0.25, 0.3) is 98.4 Å². The van der Waals surface area contributed by atoms with Gasteiger partial charge in [-0.2, -0.15) is 0 Å².